The van der Waals surface area contributed by atoms with Crippen molar-refractivity contribution in [1.29, 1.82) is 0 Å². The van der Waals surface area contributed by atoms with Crippen LogP contribution in [0.3, 0.4) is 0 Å². The molecular weight excluding hydrogens is 277 g/mol. The molecule has 1 rings (SSSR count). The number of hydrogen-bond donors (Lipinski definition) is 2. The predicted octanol–water partition coefficient (Wildman–Crippen LogP) is 2.61. The molecule has 116 valence electrons. The summed E-state index contributed by atoms with van der Waals surface area (Å²) in [6.07, 6.45) is 0. The highest BCUT2D eigenvalue weighted by Gasteiger charge is 2.21. The van der Waals surface area contributed by atoms with Gasteiger partial charge in [0.15, 0.2) is 0 Å². The molecule has 1 amide bonds. The molecule has 0 bridgehead atoms. The molecule has 0 heterocycles. The van der Waals surface area contributed by atoms with E-state index in [-0.39, 0.29) is 22.8 Å². The first-order valence-corrected chi connectivity index (χ1v) is 6.71. The van der Waals surface area contributed by atoms with Gasteiger partial charge >= 0.3 is 0 Å². The number of anilines is 1. The normalized spacial score (nSPS) is 12.1. The third-order valence-electron chi connectivity index (χ3n) is 2.92. The van der Waals surface area contributed by atoms with E-state index in [1.807, 2.05) is 13.8 Å². The van der Waals surface area contributed by atoms with Gasteiger partial charge in [-0.15, -0.1) is 0 Å². The van der Waals surface area contributed by atoms with Crippen molar-refractivity contribution < 1.29 is 14.1 Å². The molecule has 0 fully saturated rings. The number of nitro groups is 1. The summed E-state index contributed by atoms with van der Waals surface area (Å²) in [6.45, 7) is 7.56. The van der Waals surface area contributed by atoms with E-state index in [2.05, 4.69) is 10.6 Å². The minimum absolute atomic E-state index is 0.131. The Morgan fingerprint density at radius 1 is 1.38 bits per heavy atom. The third kappa shape index (κ3) is 4.70. The molecule has 0 saturated carbocycles. The van der Waals surface area contributed by atoms with Crippen LogP contribution in [0.1, 0.15) is 26.3 Å². The first-order valence-electron chi connectivity index (χ1n) is 6.71. The number of nitrogens with one attached hydrogen (secondary N) is 2. The maximum absolute atomic E-state index is 13.4. The van der Waals surface area contributed by atoms with Crippen LogP contribution in [0.15, 0.2) is 12.1 Å². The van der Waals surface area contributed by atoms with Crippen molar-refractivity contribution in [3.8, 4) is 0 Å². The molecule has 1 atom stereocenters. The average Bonchev–Trinajstić information content (AvgIpc) is 2.39. The zero-order chi connectivity index (χ0) is 16.2. The topological polar surface area (TPSA) is 84.3 Å². The minimum Gasteiger partial charge on any atom is -0.368 e. The molecule has 1 aromatic rings. The fraction of sp³-hybridized carbons (Fsp3) is 0.500. The van der Waals surface area contributed by atoms with Crippen LogP contribution in [0.5, 0.6) is 0 Å². The molecule has 1 unspecified atom stereocenters. The maximum atomic E-state index is 13.4. The SMILES string of the molecule is Cc1cc(NC(C)C(=O)NCC(C)C)c([N+](=O)[O-])cc1F. The van der Waals surface area contributed by atoms with Gasteiger partial charge in [-0.3, -0.25) is 14.9 Å². The van der Waals surface area contributed by atoms with Crippen molar-refractivity contribution >= 4 is 17.3 Å². The van der Waals surface area contributed by atoms with Gasteiger partial charge in [-0.25, -0.2) is 4.39 Å². The van der Waals surface area contributed by atoms with Crippen LogP contribution < -0.4 is 10.6 Å². The summed E-state index contributed by atoms with van der Waals surface area (Å²) in [5, 5.41) is 16.4. The fourth-order valence-corrected chi connectivity index (χ4v) is 1.69. The number of nitro benzene ring substituents is 1. The Kier molecular flexibility index (Phi) is 5.63. The number of carbonyl (C=O) groups is 1. The van der Waals surface area contributed by atoms with Crippen LogP contribution in [-0.4, -0.2) is 23.4 Å². The van der Waals surface area contributed by atoms with Crippen LogP contribution in [0.4, 0.5) is 15.8 Å². The van der Waals surface area contributed by atoms with Crippen LogP contribution in [0.25, 0.3) is 0 Å². The molecule has 1 aromatic carbocycles. The van der Waals surface area contributed by atoms with Gasteiger partial charge in [-0.05, 0) is 31.4 Å². The Bertz CT molecular complexity index is 547. The van der Waals surface area contributed by atoms with E-state index in [0.717, 1.165) is 6.07 Å². The lowest BCUT2D eigenvalue weighted by atomic mass is 10.1. The second kappa shape index (κ2) is 7.01. The molecule has 0 aliphatic rings. The summed E-state index contributed by atoms with van der Waals surface area (Å²) in [6, 6.07) is 1.53. The van der Waals surface area contributed by atoms with Crippen molar-refractivity contribution in [1.82, 2.24) is 5.32 Å². The Hall–Kier alpha value is -2.18. The molecule has 0 radical (unpaired) electrons. The van der Waals surface area contributed by atoms with Crippen molar-refractivity contribution in [3.05, 3.63) is 33.6 Å². The molecule has 7 heteroatoms. The second-order valence-corrected chi connectivity index (χ2v) is 5.38. The predicted molar refractivity (Wildman–Crippen MR) is 78.7 cm³/mol. The lowest BCUT2D eigenvalue weighted by Gasteiger charge is -2.16. The zero-order valence-electron chi connectivity index (χ0n) is 12.6. The third-order valence-corrected chi connectivity index (χ3v) is 2.92. The first kappa shape index (κ1) is 16.9. The Morgan fingerprint density at radius 3 is 2.52 bits per heavy atom. The smallest absolute Gasteiger partial charge is 0.295 e. The summed E-state index contributed by atoms with van der Waals surface area (Å²) < 4.78 is 13.4. The Balaban J connectivity index is 2.89. The van der Waals surface area contributed by atoms with E-state index >= 15 is 0 Å². The number of hydrogen-bond acceptors (Lipinski definition) is 4. The number of benzene rings is 1. The molecule has 0 spiro atoms. The van der Waals surface area contributed by atoms with Gasteiger partial charge in [0.2, 0.25) is 5.91 Å². The Labute approximate surface area is 122 Å². The quantitative estimate of drug-likeness (QED) is 0.624. The zero-order valence-corrected chi connectivity index (χ0v) is 12.6. The van der Waals surface area contributed by atoms with Crippen molar-refractivity contribution in [2.24, 2.45) is 5.92 Å². The molecule has 21 heavy (non-hydrogen) atoms. The van der Waals surface area contributed by atoms with Gasteiger partial charge < -0.3 is 10.6 Å². The van der Waals surface area contributed by atoms with E-state index in [1.165, 1.54) is 13.0 Å². The largest absolute Gasteiger partial charge is 0.368 e. The van der Waals surface area contributed by atoms with Gasteiger partial charge in [0.25, 0.3) is 5.69 Å². The molecule has 0 saturated heterocycles. The molecule has 0 aliphatic carbocycles. The molecule has 6 nitrogen and oxygen atoms in total. The van der Waals surface area contributed by atoms with E-state index in [9.17, 15) is 19.3 Å². The van der Waals surface area contributed by atoms with E-state index < -0.39 is 16.8 Å². The van der Waals surface area contributed by atoms with Gasteiger partial charge in [0, 0.05) is 6.54 Å². The summed E-state index contributed by atoms with van der Waals surface area (Å²) in [7, 11) is 0. The Morgan fingerprint density at radius 2 is 2.00 bits per heavy atom. The number of rotatable bonds is 6. The highest BCUT2D eigenvalue weighted by molar-refractivity contribution is 5.85. The highest BCUT2D eigenvalue weighted by Crippen LogP contribution is 2.28. The van der Waals surface area contributed by atoms with E-state index in [0.29, 0.717) is 12.5 Å². The van der Waals surface area contributed by atoms with Gasteiger partial charge in [-0.2, -0.15) is 0 Å². The minimum atomic E-state index is -0.677. The van der Waals surface area contributed by atoms with E-state index in [4.69, 9.17) is 0 Å². The molecular formula is C14H20FN3O3. The number of nitrogens with zero attached hydrogens (tertiary/aromatic N) is 1. The number of halogens is 1. The summed E-state index contributed by atoms with van der Waals surface area (Å²) >= 11 is 0. The number of amides is 1. The standard InChI is InChI=1S/C14H20FN3O3/c1-8(2)7-16-14(19)10(4)17-12-5-9(3)11(15)6-13(12)18(20)21/h5-6,8,10,17H,7H2,1-4H3,(H,16,19). The molecule has 0 aromatic heterocycles. The summed E-state index contributed by atoms with van der Waals surface area (Å²) in [5.74, 6) is -0.604. The number of carbonyl (C=O) groups excluding carboxylic acids is 1. The summed E-state index contributed by atoms with van der Waals surface area (Å²) in [4.78, 5) is 22.1. The lowest BCUT2D eigenvalue weighted by molar-refractivity contribution is -0.384. The number of aryl methyl sites for hydroxylation is 1. The van der Waals surface area contributed by atoms with Crippen LogP contribution in [-0.2, 0) is 4.79 Å². The monoisotopic (exact) mass is 297 g/mol. The first-order chi connectivity index (χ1) is 9.72. The average molecular weight is 297 g/mol. The molecule has 2 N–H and O–H groups in total. The van der Waals surface area contributed by atoms with Gasteiger partial charge in [0.05, 0.1) is 11.0 Å². The maximum Gasteiger partial charge on any atom is 0.295 e. The van der Waals surface area contributed by atoms with Crippen LogP contribution >= 0.6 is 0 Å². The van der Waals surface area contributed by atoms with Crippen molar-refractivity contribution in [2.75, 3.05) is 11.9 Å². The van der Waals surface area contributed by atoms with Crippen molar-refractivity contribution in [3.63, 3.8) is 0 Å². The fourth-order valence-electron chi connectivity index (χ4n) is 1.69. The summed E-state index contributed by atoms with van der Waals surface area (Å²) in [5.41, 5.74) is 0.0191. The van der Waals surface area contributed by atoms with Gasteiger partial charge in [0.1, 0.15) is 17.5 Å². The lowest BCUT2D eigenvalue weighted by Crippen LogP contribution is -2.39. The highest BCUT2D eigenvalue weighted by atomic mass is 19.1. The van der Waals surface area contributed by atoms with Crippen molar-refractivity contribution in [2.45, 2.75) is 33.7 Å². The molecule has 0 aliphatic heterocycles. The van der Waals surface area contributed by atoms with Crippen LogP contribution in [0, 0.1) is 28.8 Å². The second-order valence-electron chi connectivity index (χ2n) is 5.38. The van der Waals surface area contributed by atoms with E-state index in [1.54, 1.807) is 6.92 Å². The van der Waals surface area contributed by atoms with Crippen LogP contribution in [0.2, 0.25) is 0 Å². The van der Waals surface area contributed by atoms with Gasteiger partial charge in [-0.1, -0.05) is 13.8 Å².